The van der Waals surface area contributed by atoms with Crippen LogP contribution < -0.4 is 4.74 Å². The van der Waals surface area contributed by atoms with Crippen molar-refractivity contribution < 1.29 is 18.7 Å². The summed E-state index contributed by atoms with van der Waals surface area (Å²) in [5.41, 5.74) is 1.26. The molecular weight excluding hydrogens is 259 g/mol. The third kappa shape index (κ3) is 4.37. The number of ether oxygens (including phenoxy) is 2. The van der Waals surface area contributed by atoms with Gasteiger partial charge in [-0.3, -0.25) is 0 Å². The number of esters is 1. The Labute approximate surface area is 119 Å². The smallest absolute Gasteiger partial charge is 0.330 e. The molecule has 0 bridgehead atoms. The van der Waals surface area contributed by atoms with Crippen molar-refractivity contribution >= 4 is 12.0 Å². The van der Waals surface area contributed by atoms with Crippen LogP contribution in [0, 0.1) is 5.82 Å². The fourth-order valence-corrected chi connectivity index (χ4v) is 1.88. The van der Waals surface area contributed by atoms with Gasteiger partial charge in [0.25, 0.3) is 0 Å². The highest BCUT2D eigenvalue weighted by Crippen LogP contribution is 2.26. The molecular formula is C16H21FO3. The van der Waals surface area contributed by atoms with E-state index < -0.39 is 5.97 Å². The Morgan fingerprint density at radius 3 is 2.70 bits per heavy atom. The Bertz CT molecular complexity index is 481. The van der Waals surface area contributed by atoms with Crippen LogP contribution in [0.4, 0.5) is 4.39 Å². The zero-order chi connectivity index (χ0) is 15.0. The van der Waals surface area contributed by atoms with Crippen molar-refractivity contribution in [1.82, 2.24) is 0 Å². The monoisotopic (exact) mass is 280 g/mol. The van der Waals surface area contributed by atoms with Gasteiger partial charge in [0, 0.05) is 6.08 Å². The first kappa shape index (κ1) is 16.2. The summed E-state index contributed by atoms with van der Waals surface area (Å²) in [6.45, 7) is 4.11. The van der Waals surface area contributed by atoms with E-state index >= 15 is 0 Å². The highest BCUT2D eigenvalue weighted by atomic mass is 19.1. The fraction of sp³-hybridized carbons (Fsp3) is 0.438. The van der Waals surface area contributed by atoms with Crippen molar-refractivity contribution in [2.24, 2.45) is 0 Å². The number of hydrogen-bond acceptors (Lipinski definition) is 3. The maximum absolute atomic E-state index is 14.3. The molecule has 0 radical (unpaired) electrons. The van der Waals surface area contributed by atoms with Crippen molar-refractivity contribution in [3.05, 3.63) is 35.2 Å². The van der Waals surface area contributed by atoms with Gasteiger partial charge in [0.1, 0.15) is 0 Å². The van der Waals surface area contributed by atoms with E-state index in [2.05, 4.69) is 0 Å². The molecule has 110 valence electrons. The Kier molecular flexibility index (Phi) is 6.77. The summed E-state index contributed by atoms with van der Waals surface area (Å²) in [7, 11) is 1.44. The van der Waals surface area contributed by atoms with E-state index in [0.29, 0.717) is 24.2 Å². The average Bonchev–Trinajstić information content (AvgIpc) is 2.44. The second kappa shape index (κ2) is 8.35. The minimum absolute atomic E-state index is 0.226. The van der Waals surface area contributed by atoms with Crippen LogP contribution in [-0.2, 0) is 16.0 Å². The van der Waals surface area contributed by atoms with Crippen molar-refractivity contribution in [3.8, 4) is 5.75 Å². The van der Waals surface area contributed by atoms with Crippen molar-refractivity contribution in [2.45, 2.75) is 33.1 Å². The van der Waals surface area contributed by atoms with E-state index in [1.807, 2.05) is 6.92 Å². The number of halogens is 1. The molecule has 1 rings (SSSR count). The molecule has 0 aromatic heterocycles. The Morgan fingerprint density at radius 1 is 1.35 bits per heavy atom. The molecule has 0 saturated heterocycles. The lowest BCUT2D eigenvalue weighted by atomic mass is 10.0. The SMILES string of the molecule is CCCCc1c(/C=C/C(=O)OCC)ccc(OC)c1F. The molecule has 1 aromatic rings. The molecule has 20 heavy (non-hydrogen) atoms. The van der Waals surface area contributed by atoms with Gasteiger partial charge >= 0.3 is 5.97 Å². The summed E-state index contributed by atoms with van der Waals surface area (Å²) < 4.78 is 24.1. The zero-order valence-corrected chi connectivity index (χ0v) is 12.2. The lowest BCUT2D eigenvalue weighted by Crippen LogP contribution is -2.01. The normalized spacial score (nSPS) is 10.8. The first-order chi connectivity index (χ1) is 9.63. The highest BCUT2D eigenvalue weighted by molar-refractivity contribution is 5.87. The first-order valence-corrected chi connectivity index (χ1v) is 6.84. The molecule has 0 saturated carbocycles. The minimum atomic E-state index is -0.426. The van der Waals surface area contributed by atoms with Crippen molar-refractivity contribution in [3.63, 3.8) is 0 Å². The summed E-state index contributed by atoms with van der Waals surface area (Å²) >= 11 is 0. The second-order valence-electron chi connectivity index (χ2n) is 4.34. The number of unbranched alkanes of at least 4 members (excludes halogenated alkanes) is 1. The third-order valence-electron chi connectivity index (χ3n) is 2.93. The van der Waals surface area contributed by atoms with Gasteiger partial charge in [-0.15, -0.1) is 0 Å². The first-order valence-electron chi connectivity index (χ1n) is 6.84. The maximum Gasteiger partial charge on any atom is 0.330 e. The molecule has 0 amide bonds. The quantitative estimate of drug-likeness (QED) is 0.563. The lowest BCUT2D eigenvalue weighted by molar-refractivity contribution is -0.137. The van der Waals surface area contributed by atoms with Gasteiger partial charge in [0.2, 0.25) is 0 Å². The summed E-state index contributed by atoms with van der Waals surface area (Å²) in [5, 5.41) is 0. The number of methoxy groups -OCH3 is 1. The van der Waals surface area contributed by atoms with E-state index in [0.717, 1.165) is 12.8 Å². The number of rotatable bonds is 7. The summed E-state index contributed by atoms with van der Waals surface area (Å²) in [4.78, 5) is 11.3. The molecule has 0 N–H and O–H groups in total. The van der Waals surface area contributed by atoms with Gasteiger partial charge in [0.05, 0.1) is 13.7 Å². The molecule has 1 aromatic carbocycles. The molecule has 0 fully saturated rings. The number of benzene rings is 1. The number of hydrogen-bond donors (Lipinski definition) is 0. The van der Waals surface area contributed by atoms with E-state index in [1.54, 1.807) is 25.1 Å². The predicted molar refractivity (Wildman–Crippen MR) is 77.2 cm³/mol. The van der Waals surface area contributed by atoms with Crippen LogP contribution in [0.15, 0.2) is 18.2 Å². The maximum atomic E-state index is 14.3. The standard InChI is InChI=1S/C16H21FO3/c1-4-6-7-13-12(9-11-15(18)20-5-2)8-10-14(19-3)16(13)17/h8-11H,4-7H2,1-3H3/b11-9+. The van der Waals surface area contributed by atoms with E-state index in [-0.39, 0.29) is 11.6 Å². The molecule has 0 unspecified atom stereocenters. The molecule has 0 aliphatic carbocycles. The molecule has 0 atom stereocenters. The average molecular weight is 280 g/mol. The fourth-order valence-electron chi connectivity index (χ4n) is 1.88. The number of carbonyl (C=O) groups excluding carboxylic acids is 1. The Morgan fingerprint density at radius 2 is 2.10 bits per heavy atom. The second-order valence-corrected chi connectivity index (χ2v) is 4.34. The largest absolute Gasteiger partial charge is 0.494 e. The van der Waals surface area contributed by atoms with Crippen LogP contribution in [0.5, 0.6) is 5.75 Å². The Balaban J connectivity index is 3.05. The van der Waals surface area contributed by atoms with Gasteiger partial charge in [0.15, 0.2) is 11.6 Å². The topological polar surface area (TPSA) is 35.5 Å². The predicted octanol–water partition coefficient (Wildman–Crippen LogP) is 3.75. The highest BCUT2D eigenvalue weighted by Gasteiger charge is 2.12. The molecule has 4 heteroatoms. The van der Waals surface area contributed by atoms with Crippen molar-refractivity contribution in [2.75, 3.05) is 13.7 Å². The third-order valence-corrected chi connectivity index (χ3v) is 2.93. The lowest BCUT2D eigenvalue weighted by Gasteiger charge is -2.10. The molecule has 0 heterocycles. The van der Waals surface area contributed by atoms with Crippen LogP contribution >= 0.6 is 0 Å². The van der Waals surface area contributed by atoms with E-state index in [9.17, 15) is 9.18 Å². The van der Waals surface area contributed by atoms with Gasteiger partial charge < -0.3 is 9.47 Å². The summed E-state index contributed by atoms with van der Waals surface area (Å²) in [6, 6.07) is 3.32. The summed E-state index contributed by atoms with van der Waals surface area (Å²) in [5.74, 6) is -0.554. The molecule has 0 aliphatic heterocycles. The molecule has 0 spiro atoms. The van der Waals surface area contributed by atoms with E-state index in [1.165, 1.54) is 13.2 Å². The van der Waals surface area contributed by atoms with Crippen LogP contribution in [-0.4, -0.2) is 19.7 Å². The van der Waals surface area contributed by atoms with Gasteiger partial charge in [-0.25, -0.2) is 9.18 Å². The summed E-state index contributed by atoms with van der Waals surface area (Å²) in [6.07, 6.45) is 5.37. The molecule has 3 nitrogen and oxygen atoms in total. The van der Waals surface area contributed by atoms with Crippen molar-refractivity contribution in [1.29, 1.82) is 0 Å². The van der Waals surface area contributed by atoms with Crippen LogP contribution in [0.25, 0.3) is 6.08 Å². The van der Waals surface area contributed by atoms with Crippen LogP contribution in [0.2, 0.25) is 0 Å². The van der Waals surface area contributed by atoms with Gasteiger partial charge in [-0.2, -0.15) is 0 Å². The van der Waals surface area contributed by atoms with Gasteiger partial charge in [-0.05, 0) is 43.0 Å². The zero-order valence-electron chi connectivity index (χ0n) is 12.2. The van der Waals surface area contributed by atoms with Crippen LogP contribution in [0.3, 0.4) is 0 Å². The number of carbonyl (C=O) groups is 1. The Hall–Kier alpha value is -1.84. The van der Waals surface area contributed by atoms with Crippen LogP contribution in [0.1, 0.15) is 37.8 Å². The molecule has 0 aliphatic rings. The minimum Gasteiger partial charge on any atom is -0.494 e. The van der Waals surface area contributed by atoms with Gasteiger partial charge in [-0.1, -0.05) is 19.4 Å². The van der Waals surface area contributed by atoms with E-state index in [4.69, 9.17) is 9.47 Å².